The third-order valence-corrected chi connectivity index (χ3v) is 6.56. The molecule has 7 nitrogen and oxygen atoms in total. The summed E-state index contributed by atoms with van der Waals surface area (Å²) >= 11 is 0. The van der Waals surface area contributed by atoms with Gasteiger partial charge in [0, 0.05) is 35.4 Å². The summed E-state index contributed by atoms with van der Waals surface area (Å²) in [7, 11) is 0. The van der Waals surface area contributed by atoms with Crippen molar-refractivity contribution in [2.45, 2.75) is 26.3 Å². The molecule has 1 heterocycles. The van der Waals surface area contributed by atoms with Crippen LogP contribution in [0.2, 0.25) is 0 Å². The van der Waals surface area contributed by atoms with Crippen molar-refractivity contribution in [2.24, 2.45) is 11.3 Å². The Labute approximate surface area is 203 Å². The van der Waals surface area contributed by atoms with E-state index in [2.05, 4.69) is 16.7 Å². The fraction of sp³-hybridized carbons (Fsp3) is 0.214. The number of nitro benzene ring substituents is 1. The van der Waals surface area contributed by atoms with Gasteiger partial charge in [0.05, 0.1) is 28.3 Å². The van der Waals surface area contributed by atoms with Crippen molar-refractivity contribution in [1.82, 2.24) is 0 Å². The summed E-state index contributed by atoms with van der Waals surface area (Å²) in [5.74, 6) is -0.494. The van der Waals surface area contributed by atoms with Crippen molar-refractivity contribution in [1.29, 1.82) is 0 Å². The Morgan fingerprint density at radius 3 is 2.37 bits per heavy atom. The van der Waals surface area contributed by atoms with Gasteiger partial charge in [0.1, 0.15) is 5.78 Å². The number of ketones is 2. The number of nitro groups is 1. The van der Waals surface area contributed by atoms with Gasteiger partial charge in [0.15, 0.2) is 5.78 Å². The van der Waals surface area contributed by atoms with Gasteiger partial charge in [0.25, 0.3) is 5.69 Å². The summed E-state index contributed by atoms with van der Waals surface area (Å²) in [5, 5.41) is 18.1. The van der Waals surface area contributed by atoms with Crippen LogP contribution in [0, 0.1) is 21.4 Å². The molecular weight excluding hydrogens is 442 g/mol. The molecule has 0 saturated carbocycles. The molecule has 0 unspecified atom stereocenters. The van der Waals surface area contributed by atoms with Gasteiger partial charge in [-0.3, -0.25) is 19.7 Å². The number of rotatable bonds is 4. The number of fused-ring (bicyclic) bond motifs is 2. The van der Waals surface area contributed by atoms with Gasteiger partial charge >= 0.3 is 0 Å². The maximum Gasteiger partial charge on any atom is 0.269 e. The number of allylic oxidation sites excluding steroid dienone is 1. The summed E-state index contributed by atoms with van der Waals surface area (Å²) < 4.78 is 0. The van der Waals surface area contributed by atoms with Crippen LogP contribution >= 0.6 is 0 Å². The largest absolute Gasteiger partial charge is 0.375 e. The van der Waals surface area contributed by atoms with E-state index in [1.807, 2.05) is 38.1 Å². The molecular formula is C28H25N3O4. The lowest BCUT2D eigenvalue weighted by atomic mass is 9.72. The second-order valence-corrected chi connectivity index (χ2v) is 9.76. The number of hydrogen-bond donors (Lipinski definition) is 2. The van der Waals surface area contributed by atoms with Crippen LogP contribution in [0.3, 0.4) is 0 Å². The Morgan fingerprint density at radius 2 is 1.69 bits per heavy atom. The van der Waals surface area contributed by atoms with E-state index in [-0.39, 0.29) is 22.7 Å². The number of anilines is 2. The number of non-ortho nitro benzene ring substituents is 1. The first-order valence-electron chi connectivity index (χ1n) is 11.5. The molecule has 2 aliphatic rings. The standard InChI is InChI=1S/C28H25N3O4/c1-28(2)15-23-25(24(32)16-28)26(17-8-11-20(12-9-17)31(34)35)30-21-13-10-19(14-22(21)29-23)27(33)18-6-4-3-5-7-18/h3-15,25-26,29-30H,16H2,1-2H3/t25-,26-/m1/s1. The van der Waals surface area contributed by atoms with E-state index in [9.17, 15) is 19.7 Å². The Morgan fingerprint density at radius 1 is 0.971 bits per heavy atom. The van der Waals surface area contributed by atoms with Crippen LogP contribution in [0.5, 0.6) is 0 Å². The summed E-state index contributed by atoms with van der Waals surface area (Å²) in [4.78, 5) is 37.1. The number of benzene rings is 3. The molecule has 2 atom stereocenters. The van der Waals surface area contributed by atoms with E-state index in [0.29, 0.717) is 23.2 Å². The molecule has 0 aromatic heterocycles. The fourth-order valence-electron chi connectivity index (χ4n) is 4.93. The Bertz CT molecular complexity index is 1360. The van der Waals surface area contributed by atoms with Crippen molar-refractivity contribution in [3.63, 3.8) is 0 Å². The van der Waals surface area contributed by atoms with Crippen molar-refractivity contribution < 1.29 is 14.5 Å². The average molecular weight is 468 g/mol. The molecule has 0 spiro atoms. The van der Waals surface area contributed by atoms with Crippen molar-refractivity contribution >= 4 is 28.6 Å². The normalized spacial score (nSPS) is 20.3. The van der Waals surface area contributed by atoms with Gasteiger partial charge in [-0.25, -0.2) is 0 Å². The molecule has 35 heavy (non-hydrogen) atoms. The molecule has 1 aliphatic carbocycles. The third kappa shape index (κ3) is 4.33. The van der Waals surface area contributed by atoms with E-state index in [1.54, 1.807) is 36.4 Å². The first kappa shape index (κ1) is 22.5. The van der Waals surface area contributed by atoms with Crippen LogP contribution in [-0.4, -0.2) is 16.5 Å². The van der Waals surface area contributed by atoms with E-state index >= 15 is 0 Å². The maximum atomic E-state index is 13.4. The smallest absolute Gasteiger partial charge is 0.269 e. The predicted octanol–water partition coefficient (Wildman–Crippen LogP) is 5.90. The minimum atomic E-state index is -0.495. The summed E-state index contributed by atoms with van der Waals surface area (Å²) in [5.41, 5.74) is 3.82. The summed E-state index contributed by atoms with van der Waals surface area (Å²) in [6.07, 6.45) is 2.47. The van der Waals surface area contributed by atoms with Crippen LogP contribution in [0.25, 0.3) is 0 Å². The number of Topliss-reactive ketones (excluding diaryl/α,β-unsaturated/α-hetero) is 1. The van der Waals surface area contributed by atoms with Gasteiger partial charge in [-0.2, -0.15) is 0 Å². The first-order chi connectivity index (χ1) is 16.7. The molecule has 2 N–H and O–H groups in total. The maximum absolute atomic E-state index is 13.4. The van der Waals surface area contributed by atoms with E-state index < -0.39 is 16.9 Å². The molecule has 3 aromatic carbocycles. The lowest BCUT2D eigenvalue weighted by Crippen LogP contribution is -2.36. The monoisotopic (exact) mass is 467 g/mol. The molecule has 0 radical (unpaired) electrons. The van der Waals surface area contributed by atoms with Crippen LogP contribution < -0.4 is 10.6 Å². The number of carbonyl (C=O) groups is 2. The van der Waals surface area contributed by atoms with Crippen molar-refractivity contribution in [3.8, 4) is 0 Å². The summed E-state index contributed by atoms with van der Waals surface area (Å²) in [6, 6.07) is 20.4. The molecule has 0 amide bonds. The van der Waals surface area contributed by atoms with Crippen molar-refractivity contribution in [2.75, 3.05) is 10.6 Å². The zero-order chi connectivity index (χ0) is 24.7. The second kappa shape index (κ2) is 8.51. The molecule has 7 heteroatoms. The van der Waals surface area contributed by atoms with Crippen LogP contribution in [0.15, 0.2) is 84.6 Å². The van der Waals surface area contributed by atoms with E-state index in [0.717, 1.165) is 16.9 Å². The van der Waals surface area contributed by atoms with Gasteiger partial charge < -0.3 is 10.6 Å². The molecule has 0 fully saturated rings. The first-order valence-corrected chi connectivity index (χ1v) is 11.5. The molecule has 3 aromatic rings. The SMILES string of the molecule is CC1(C)C=C2Nc3cc(C(=O)c4ccccc4)ccc3N[C@H](c3ccc([N+](=O)[O-])cc3)[C@H]2C(=O)C1. The zero-order valence-electron chi connectivity index (χ0n) is 19.4. The molecule has 1 aliphatic heterocycles. The molecule has 5 rings (SSSR count). The van der Waals surface area contributed by atoms with Gasteiger partial charge in [-0.1, -0.05) is 62.4 Å². The highest BCUT2D eigenvalue weighted by Gasteiger charge is 2.41. The average Bonchev–Trinajstić information content (AvgIpc) is 2.99. The van der Waals surface area contributed by atoms with Crippen LogP contribution in [-0.2, 0) is 4.79 Å². The number of hydrogen-bond acceptors (Lipinski definition) is 6. The highest BCUT2D eigenvalue weighted by molar-refractivity contribution is 6.10. The fourth-order valence-corrected chi connectivity index (χ4v) is 4.93. The zero-order valence-corrected chi connectivity index (χ0v) is 19.4. The second-order valence-electron chi connectivity index (χ2n) is 9.76. The van der Waals surface area contributed by atoms with E-state index in [1.165, 1.54) is 12.1 Å². The topological polar surface area (TPSA) is 101 Å². The Kier molecular flexibility index (Phi) is 5.47. The van der Waals surface area contributed by atoms with E-state index in [4.69, 9.17) is 0 Å². The predicted molar refractivity (Wildman–Crippen MR) is 134 cm³/mol. The minimum absolute atomic E-state index is 0.00293. The molecule has 0 bridgehead atoms. The van der Waals surface area contributed by atoms with Crippen LogP contribution in [0.1, 0.15) is 47.8 Å². The minimum Gasteiger partial charge on any atom is -0.375 e. The Hall–Kier alpha value is -4.26. The highest BCUT2D eigenvalue weighted by atomic mass is 16.6. The Balaban J connectivity index is 1.59. The van der Waals surface area contributed by atoms with Crippen molar-refractivity contribution in [3.05, 3.63) is 111 Å². The lowest BCUT2D eigenvalue weighted by Gasteiger charge is -2.35. The number of carbonyl (C=O) groups excluding carboxylic acids is 2. The summed E-state index contributed by atoms with van der Waals surface area (Å²) in [6.45, 7) is 4.04. The third-order valence-electron chi connectivity index (χ3n) is 6.56. The highest BCUT2D eigenvalue weighted by Crippen LogP contribution is 2.45. The lowest BCUT2D eigenvalue weighted by molar-refractivity contribution is -0.384. The molecule has 176 valence electrons. The molecule has 0 saturated heterocycles. The van der Waals surface area contributed by atoms with Crippen LogP contribution in [0.4, 0.5) is 17.1 Å². The number of nitrogens with one attached hydrogen (secondary N) is 2. The van der Waals surface area contributed by atoms with Gasteiger partial charge in [-0.15, -0.1) is 0 Å². The quantitative estimate of drug-likeness (QED) is 0.281. The number of nitrogens with zero attached hydrogens (tertiary/aromatic N) is 1. The van der Waals surface area contributed by atoms with Gasteiger partial charge in [0.2, 0.25) is 0 Å². The van der Waals surface area contributed by atoms with Gasteiger partial charge in [-0.05, 0) is 29.2 Å².